The van der Waals surface area contributed by atoms with Gasteiger partial charge in [-0.05, 0) is 19.3 Å². The molecule has 5 heteroatoms. The highest BCUT2D eigenvalue weighted by atomic mass is 32.3. The van der Waals surface area contributed by atoms with Crippen LogP contribution in [0.2, 0.25) is 0 Å². The van der Waals surface area contributed by atoms with Crippen molar-refractivity contribution in [2.24, 2.45) is 0 Å². The summed E-state index contributed by atoms with van der Waals surface area (Å²) < 4.78 is 36.4. The predicted molar refractivity (Wildman–Crippen MR) is 99.5 cm³/mol. The van der Waals surface area contributed by atoms with Gasteiger partial charge in [-0.25, -0.2) is 4.18 Å². The van der Waals surface area contributed by atoms with E-state index < -0.39 is 16.0 Å². The average molecular weight is 363 g/mol. The minimum atomic E-state index is -4.35. The number of unbranched alkanes of at least 4 members (excludes halogenated alkanes) is 10. The Hall–Kier alpha value is -0.130. The molecular formula is C19H38O4S. The van der Waals surface area contributed by atoms with E-state index in [0.29, 0.717) is 0 Å². The molecule has 1 aliphatic rings. The SMILES string of the molecule is CCCCCCCCCCCCCC1(OS(=O)(=O)O)CCCCC1. The molecule has 0 saturated heterocycles. The standard InChI is InChI=1S/C19H38O4S/c1-2-3-4-5-6-7-8-9-10-11-13-16-19(23-24(20,21)22)17-14-12-15-18-19/h2-18H2,1H3,(H,20,21,22). The Labute approximate surface area is 149 Å². The van der Waals surface area contributed by atoms with Gasteiger partial charge in [0.05, 0.1) is 5.60 Å². The first kappa shape index (κ1) is 21.9. The molecule has 0 heterocycles. The number of hydrogen-bond acceptors (Lipinski definition) is 3. The smallest absolute Gasteiger partial charge is 0.264 e. The van der Waals surface area contributed by atoms with Gasteiger partial charge in [0.2, 0.25) is 0 Å². The summed E-state index contributed by atoms with van der Waals surface area (Å²) in [5.41, 5.74) is -0.634. The highest BCUT2D eigenvalue weighted by molar-refractivity contribution is 7.80. The molecule has 0 atom stereocenters. The van der Waals surface area contributed by atoms with Gasteiger partial charge in [-0.3, -0.25) is 4.55 Å². The Morgan fingerprint density at radius 2 is 1.25 bits per heavy atom. The first-order valence-corrected chi connectivity index (χ1v) is 11.5. The molecule has 1 rings (SSSR count). The predicted octanol–water partition coefficient (Wildman–Crippen LogP) is 6.21. The zero-order valence-corrected chi connectivity index (χ0v) is 16.4. The maximum Gasteiger partial charge on any atom is 0.397 e. The van der Waals surface area contributed by atoms with Crippen LogP contribution in [0.15, 0.2) is 0 Å². The zero-order chi connectivity index (χ0) is 17.7. The van der Waals surface area contributed by atoms with E-state index in [1.54, 1.807) is 0 Å². The van der Waals surface area contributed by atoms with E-state index in [2.05, 4.69) is 6.92 Å². The Bertz CT molecular complexity index is 400. The molecule has 0 radical (unpaired) electrons. The van der Waals surface area contributed by atoms with E-state index in [-0.39, 0.29) is 0 Å². The molecule has 0 spiro atoms. The maximum atomic E-state index is 11.1. The van der Waals surface area contributed by atoms with Gasteiger partial charge in [0.1, 0.15) is 0 Å². The van der Waals surface area contributed by atoms with Crippen LogP contribution in [-0.2, 0) is 14.6 Å². The van der Waals surface area contributed by atoms with Crippen molar-refractivity contribution in [1.29, 1.82) is 0 Å². The fourth-order valence-corrected chi connectivity index (χ4v) is 4.60. The van der Waals surface area contributed by atoms with Crippen LogP contribution < -0.4 is 0 Å². The minimum absolute atomic E-state index is 0.634. The molecule has 0 unspecified atom stereocenters. The molecule has 1 saturated carbocycles. The summed E-state index contributed by atoms with van der Waals surface area (Å²) in [5.74, 6) is 0. The Kier molecular flexibility index (Phi) is 11.2. The second-order valence-corrected chi connectivity index (χ2v) is 8.56. The second kappa shape index (κ2) is 12.3. The Morgan fingerprint density at radius 1 is 0.792 bits per heavy atom. The summed E-state index contributed by atoms with van der Waals surface area (Å²) in [6.45, 7) is 2.25. The van der Waals surface area contributed by atoms with Crippen LogP contribution >= 0.6 is 0 Å². The fourth-order valence-electron chi connectivity index (χ4n) is 3.91. The van der Waals surface area contributed by atoms with Crippen LogP contribution in [0, 0.1) is 0 Å². The lowest BCUT2D eigenvalue weighted by molar-refractivity contribution is 0.0156. The van der Waals surface area contributed by atoms with Crippen molar-refractivity contribution in [3.8, 4) is 0 Å². The molecule has 1 fully saturated rings. The van der Waals surface area contributed by atoms with E-state index >= 15 is 0 Å². The fraction of sp³-hybridized carbons (Fsp3) is 1.00. The third kappa shape index (κ3) is 10.7. The summed E-state index contributed by atoms with van der Waals surface area (Å²) in [5, 5.41) is 0. The van der Waals surface area contributed by atoms with Gasteiger partial charge in [-0.15, -0.1) is 0 Å². The molecule has 0 aromatic rings. The van der Waals surface area contributed by atoms with E-state index in [0.717, 1.165) is 51.4 Å². The van der Waals surface area contributed by atoms with Crippen LogP contribution in [0.4, 0.5) is 0 Å². The van der Waals surface area contributed by atoms with Crippen molar-refractivity contribution >= 4 is 10.4 Å². The van der Waals surface area contributed by atoms with E-state index in [4.69, 9.17) is 8.74 Å². The third-order valence-corrected chi connectivity index (χ3v) is 5.85. The molecule has 4 nitrogen and oxygen atoms in total. The van der Waals surface area contributed by atoms with Gasteiger partial charge in [0, 0.05) is 0 Å². The molecule has 0 bridgehead atoms. The molecule has 0 aromatic heterocycles. The normalized spacial score (nSPS) is 17.9. The summed E-state index contributed by atoms with van der Waals surface area (Å²) in [6, 6.07) is 0. The van der Waals surface area contributed by atoms with Crippen LogP contribution in [0.1, 0.15) is 116 Å². The molecule has 0 aliphatic heterocycles. The van der Waals surface area contributed by atoms with Gasteiger partial charge in [-0.2, -0.15) is 8.42 Å². The van der Waals surface area contributed by atoms with Crippen molar-refractivity contribution in [3.05, 3.63) is 0 Å². The quantitative estimate of drug-likeness (QED) is 0.295. The van der Waals surface area contributed by atoms with E-state index in [1.165, 1.54) is 57.8 Å². The Balaban J connectivity index is 2.09. The summed E-state index contributed by atoms with van der Waals surface area (Å²) in [4.78, 5) is 0. The van der Waals surface area contributed by atoms with Gasteiger partial charge in [0.15, 0.2) is 0 Å². The molecule has 144 valence electrons. The average Bonchev–Trinajstić information content (AvgIpc) is 2.52. The lowest BCUT2D eigenvalue weighted by atomic mass is 9.81. The monoisotopic (exact) mass is 362 g/mol. The summed E-state index contributed by atoms with van der Waals surface area (Å²) in [7, 11) is -4.35. The van der Waals surface area contributed by atoms with E-state index in [9.17, 15) is 8.42 Å². The van der Waals surface area contributed by atoms with Crippen LogP contribution in [0.3, 0.4) is 0 Å². The molecular weight excluding hydrogens is 324 g/mol. The first-order chi connectivity index (χ1) is 11.5. The summed E-state index contributed by atoms with van der Waals surface area (Å²) >= 11 is 0. The largest absolute Gasteiger partial charge is 0.397 e. The van der Waals surface area contributed by atoms with Crippen LogP contribution in [0.5, 0.6) is 0 Å². The Morgan fingerprint density at radius 3 is 1.71 bits per heavy atom. The first-order valence-electron chi connectivity index (χ1n) is 10.2. The van der Waals surface area contributed by atoms with Crippen molar-refractivity contribution in [3.63, 3.8) is 0 Å². The lowest BCUT2D eigenvalue weighted by Crippen LogP contribution is -2.37. The second-order valence-electron chi connectivity index (χ2n) is 7.54. The van der Waals surface area contributed by atoms with Crippen molar-refractivity contribution < 1.29 is 17.2 Å². The van der Waals surface area contributed by atoms with Gasteiger partial charge in [0.25, 0.3) is 0 Å². The molecule has 24 heavy (non-hydrogen) atoms. The molecule has 0 amide bonds. The van der Waals surface area contributed by atoms with Gasteiger partial charge in [-0.1, -0.05) is 96.8 Å². The molecule has 0 aromatic carbocycles. The van der Waals surface area contributed by atoms with Crippen molar-refractivity contribution in [1.82, 2.24) is 0 Å². The van der Waals surface area contributed by atoms with Gasteiger partial charge < -0.3 is 0 Å². The number of rotatable bonds is 14. The van der Waals surface area contributed by atoms with Crippen molar-refractivity contribution in [2.75, 3.05) is 0 Å². The highest BCUT2D eigenvalue weighted by Crippen LogP contribution is 2.37. The zero-order valence-electron chi connectivity index (χ0n) is 15.6. The minimum Gasteiger partial charge on any atom is -0.264 e. The van der Waals surface area contributed by atoms with Crippen LogP contribution in [0.25, 0.3) is 0 Å². The van der Waals surface area contributed by atoms with Crippen molar-refractivity contribution in [2.45, 2.75) is 122 Å². The van der Waals surface area contributed by atoms with E-state index in [1.807, 2.05) is 0 Å². The lowest BCUT2D eigenvalue weighted by Gasteiger charge is -2.35. The maximum absolute atomic E-state index is 11.1. The van der Waals surface area contributed by atoms with Crippen LogP contribution in [-0.4, -0.2) is 18.6 Å². The topological polar surface area (TPSA) is 63.6 Å². The van der Waals surface area contributed by atoms with Gasteiger partial charge >= 0.3 is 10.4 Å². The number of hydrogen-bond donors (Lipinski definition) is 1. The third-order valence-electron chi connectivity index (χ3n) is 5.28. The highest BCUT2D eigenvalue weighted by Gasteiger charge is 2.36. The molecule has 1 aliphatic carbocycles. The molecule has 1 N–H and O–H groups in total. The summed E-state index contributed by atoms with van der Waals surface area (Å²) in [6.07, 6.45) is 19.5.